The van der Waals surface area contributed by atoms with Gasteiger partial charge in [0.1, 0.15) is 11.6 Å². The fourth-order valence-corrected chi connectivity index (χ4v) is 3.61. The Balaban J connectivity index is 1.59. The number of alkyl halides is 2. The quantitative estimate of drug-likeness (QED) is 0.623. The minimum Gasteiger partial charge on any atom is -0.435 e. The maximum atomic E-state index is 13.2. The number of benzene rings is 2. The number of carbonyl (C=O) groups is 1. The van der Waals surface area contributed by atoms with Gasteiger partial charge in [0.2, 0.25) is 0 Å². The molecule has 31 heavy (non-hydrogen) atoms. The molecule has 4 rings (SSSR count). The molecule has 3 aromatic rings. The maximum Gasteiger partial charge on any atom is 0.387 e. The van der Waals surface area contributed by atoms with E-state index in [1.807, 2.05) is 0 Å². The van der Waals surface area contributed by atoms with Crippen LogP contribution in [0.25, 0.3) is 10.9 Å². The molecule has 1 atom stereocenters. The highest BCUT2D eigenvalue weighted by Gasteiger charge is 2.24. The molecular formula is C22H21F2N3O4. The van der Waals surface area contributed by atoms with E-state index in [-0.39, 0.29) is 29.9 Å². The van der Waals surface area contributed by atoms with Crippen LogP contribution < -0.4 is 10.3 Å². The van der Waals surface area contributed by atoms with Gasteiger partial charge in [0, 0.05) is 18.7 Å². The number of halogens is 2. The topological polar surface area (TPSA) is 84.5 Å². The maximum absolute atomic E-state index is 13.2. The van der Waals surface area contributed by atoms with Crippen molar-refractivity contribution in [2.24, 2.45) is 0 Å². The Labute approximate surface area is 176 Å². The fourth-order valence-electron chi connectivity index (χ4n) is 3.61. The van der Waals surface area contributed by atoms with Crippen molar-refractivity contribution in [3.8, 4) is 5.75 Å². The second-order valence-electron chi connectivity index (χ2n) is 7.25. The van der Waals surface area contributed by atoms with Gasteiger partial charge in [0.15, 0.2) is 0 Å². The van der Waals surface area contributed by atoms with E-state index in [9.17, 15) is 18.4 Å². The van der Waals surface area contributed by atoms with Crippen LogP contribution in [0.3, 0.4) is 0 Å². The molecule has 0 spiro atoms. The van der Waals surface area contributed by atoms with Gasteiger partial charge in [-0.1, -0.05) is 12.1 Å². The van der Waals surface area contributed by atoms with Gasteiger partial charge >= 0.3 is 6.61 Å². The van der Waals surface area contributed by atoms with E-state index in [2.05, 4.69) is 14.7 Å². The first-order valence-corrected chi connectivity index (χ1v) is 9.93. The lowest BCUT2D eigenvalue weighted by molar-refractivity contribution is -0.0498. The number of rotatable bonds is 7. The minimum absolute atomic E-state index is 0.0299. The van der Waals surface area contributed by atoms with Crippen molar-refractivity contribution in [2.45, 2.75) is 32.1 Å². The summed E-state index contributed by atoms with van der Waals surface area (Å²) in [5, 5.41) is 0.470. The van der Waals surface area contributed by atoms with Crippen molar-refractivity contribution in [1.82, 2.24) is 14.9 Å². The monoisotopic (exact) mass is 429 g/mol. The average molecular weight is 429 g/mol. The predicted octanol–water partition coefficient (Wildman–Crippen LogP) is 3.35. The largest absolute Gasteiger partial charge is 0.435 e. The van der Waals surface area contributed by atoms with Crippen LogP contribution in [0.5, 0.6) is 5.75 Å². The molecule has 1 N–H and O–H groups in total. The third-order valence-electron chi connectivity index (χ3n) is 5.06. The first-order valence-electron chi connectivity index (χ1n) is 9.93. The molecule has 0 unspecified atom stereocenters. The van der Waals surface area contributed by atoms with Crippen LogP contribution >= 0.6 is 0 Å². The van der Waals surface area contributed by atoms with Crippen molar-refractivity contribution >= 4 is 16.8 Å². The molecule has 2 aromatic carbocycles. The number of amides is 1. The lowest BCUT2D eigenvalue weighted by Crippen LogP contribution is -2.37. The van der Waals surface area contributed by atoms with Crippen LogP contribution in [0.2, 0.25) is 0 Å². The number of hydrogen-bond acceptors (Lipinski definition) is 5. The Morgan fingerprint density at radius 2 is 2.00 bits per heavy atom. The van der Waals surface area contributed by atoms with E-state index in [0.717, 1.165) is 12.8 Å². The number of para-hydroxylation sites is 1. The Bertz CT molecular complexity index is 1110. The zero-order valence-electron chi connectivity index (χ0n) is 16.6. The molecule has 1 aliphatic heterocycles. The van der Waals surface area contributed by atoms with Crippen molar-refractivity contribution < 1.29 is 23.0 Å². The van der Waals surface area contributed by atoms with E-state index in [1.165, 1.54) is 24.3 Å². The second kappa shape index (κ2) is 9.22. The number of carbonyl (C=O) groups excluding carboxylic acids is 1. The highest BCUT2D eigenvalue weighted by Crippen LogP contribution is 2.19. The molecule has 162 valence electrons. The number of fused-ring (bicyclic) bond motifs is 1. The van der Waals surface area contributed by atoms with E-state index in [0.29, 0.717) is 35.4 Å². The van der Waals surface area contributed by atoms with Crippen LogP contribution in [0, 0.1) is 0 Å². The molecule has 1 aromatic heterocycles. The van der Waals surface area contributed by atoms with Crippen LogP contribution in [0.1, 0.15) is 29.0 Å². The Hall–Kier alpha value is -3.33. The predicted molar refractivity (Wildman–Crippen MR) is 109 cm³/mol. The average Bonchev–Trinajstić information content (AvgIpc) is 3.26. The van der Waals surface area contributed by atoms with Gasteiger partial charge in [-0.05, 0) is 49.2 Å². The highest BCUT2D eigenvalue weighted by molar-refractivity contribution is 5.94. The van der Waals surface area contributed by atoms with E-state index < -0.39 is 6.61 Å². The zero-order valence-corrected chi connectivity index (χ0v) is 16.6. The number of aromatic nitrogens is 2. The highest BCUT2D eigenvalue weighted by atomic mass is 19.3. The number of nitrogens with zero attached hydrogens (tertiary/aromatic N) is 2. The van der Waals surface area contributed by atoms with Gasteiger partial charge in [0.25, 0.3) is 11.5 Å². The smallest absolute Gasteiger partial charge is 0.387 e. The summed E-state index contributed by atoms with van der Waals surface area (Å²) in [6, 6.07) is 12.5. The molecule has 0 bridgehead atoms. The second-order valence-corrected chi connectivity index (χ2v) is 7.25. The number of hydrogen-bond donors (Lipinski definition) is 1. The summed E-state index contributed by atoms with van der Waals surface area (Å²) in [5.74, 6) is 0.000331. The van der Waals surface area contributed by atoms with Gasteiger partial charge in [-0.3, -0.25) is 9.59 Å². The minimum atomic E-state index is -2.94. The molecule has 0 aliphatic carbocycles. The summed E-state index contributed by atoms with van der Waals surface area (Å²) in [7, 11) is 0. The van der Waals surface area contributed by atoms with E-state index in [4.69, 9.17) is 4.74 Å². The summed E-state index contributed by atoms with van der Waals surface area (Å²) in [5.41, 5.74) is 0.570. The molecular weight excluding hydrogens is 408 g/mol. The molecule has 1 saturated heterocycles. The summed E-state index contributed by atoms with van der Waals surface area (Å²) in [4.78, 5) is 34.3. The van der Waals surface area contributed by atoms with Crippen molar-refractivity contribution in [2.75, 3.05) is 13.2 Å². The molecule has 0 saturated carbocycles. The molecule has 1 aliphatic rings. The summed E-state index contributed by atoms with van der Waals surface area (Å²) in [6.07, 6.45) is 1.63. The third kappa shape index (κ3) is 5.05. The molecule has 9 heteroatoms. The summed E-state index contributed by atoms with van der Waals surface area (Å²) in [6.45, 7) is -1.90. The molecule has 2 heterocycles. The normalized spacial score (nSPS) is 16.0. The summed E-state index contributed by atoms with van der Waals surface area (Å²) >= 11 is 0. The van der Waals surface area contributed by atoms with Crippen LogP contribution in [-0.4, -0.2) is 46.6 Å². The first-order chi connectivity index (χ1) is 15.0. The van der Waals surface area contributed by atoms with Gasteiger partial charge in [-0.15, -0.1) is 0 Å². The van der Waals surface area contributed by atoms with Gasteiger partial charge in [-0.2, -0.15) is 8.78 Å². The van der Waals surface area contributed by atoms with Crippen molar-refractivity contribution in [3.63, 3.8) is 0 Å². The Kier molecular flexibility index (Phi) is 6.22. The third-order valence-corrected chi connectivity index (χ3v) is 5.06. The van der Waals surface area contributed by atoms with Gasteiger partial charge in [-0.25, -0.2) is 4.98 Å². The fraction of sp³-hybridized carbons (Fsp3) is 0.318. The molecule has 0 radical (unpaired) electrons. The van der Waals surface area contributed by atoms with E-state index >= 15 is 0 Å². The van der Waals surface area contributed by atoms with Crippen LogP contribution in [-0.2, 0) is 11.3 Å². The SMILES string of the molecule is O=C(c1ccc(OC(F)F)cc1)N(Cc1nc2ccccc2c(=O)[nH]1)C[C@@H]1CCCO1. The number of ether oxygens (including phenoxy) is 2. The standard InChI is InChI=1S/C22H21F2N3O4/c23-22(24)31-15-9-7-14(8-10-15)21(29)27(12-16-4-3-11-30-16)13-19-25-18-6-2-1-5-17(18)20(28)26-19/h1-2,5-10,16,22H,3-4,11-13H2,(H,25,26,28)/t16-/m0/s1. The van der Waals surface area contributed by atoms with E-state index in [1.54, 1.807) is 29.2 Å². The van der Waals surface area contributed by atoms with Crippen molar-refractivity contribution in [3.05, 3.63) is 70.3 Å². The Morgan fingerprint density at radius 3 is 2.71 bits per heavy atom. The van der Waals surface area contributed by atoms with Crippen LogP contribution in [0.15, 0.2) is 53.3 Å². The Morgan fingerprint density at radius 1 is 1.23 bits per heavy atom. The molecule has 1 amide bonds. The van der Waals surface area contributed by atoms with Crippen LogP contribution in [0.4, 0.5) is 8.78 Å². The van der Waals surface area contributed by atoms with Gasteiger partial charge < -0.3 is 19.4 Å². The molecule has 7 nitrogen and oxygen atoms in total. The number of H-pyrrole nitrogens is 1. The summed E-state index contributed by atoms with van der Waals surface area (Å²) < 4.78 is 34.8. The zero-order chi connectivity index (χ0) is 21.8. The first kappa shape index (κ1) is 20.9. The number of aromatic amines is 1. The van der Waals surface area contributed by atoms with Gasteiger partial charge in [0.05, 0.1) is 23.6 Å². The number of nitrogens with one attached hydrogen (secondary N) is 1. The lowest BCUT2D eigenvalue weighted by atomic mass is 10.1. The molecule has 1 fully saturated rings. The lowest BCUT2D eigenvalue weighted by Gasteiger charge is -2.25. The van der Waals surface area contributed by atoms with Crippen molar-refractivity contribution in [1.29, 1.82) is 0 Å².